The van der Waals surface area contributed by atoms with E-state index in [0.29, 0.717) is 19.0 Å². The van der Waals surface area contributed by atoms with Crippen LogP contribution in [0.5, 0.6) is 0 Å². The number of methoxy groups -OCH3 is 1. The fourth-order valence-electron chi connectivity index (χ4n) is 4.60. The van der Waals surface area contributed by atoms with Gasteiger partial charge in [-0.15, -0.1) is 0 Å². The minimum Gasteiger partial charge on any atom is -0.378 e. The fourth-order valence-corrected chi connectivity index (χ4v) is 4.60. The van der Waals surface area contributed by atoms with Crippen LogP contribution in [-0.4, -0.2) is 53.6 Å². The van der Waals surface area contributed by atoms with Crippen LogP contribution in [0.3, 0.4) is 0 Å². The zero-order valence-electron chi connectivity index (χ0n) is 18.1. The van der Waals surface area contributed by atoms with Gasteiger partial charge in [-0.1, -0.05) is 37.3 Å². The van der Waals surface area contributed by atoms with Crippen molar-refractivity contribution in [1.82, 2.24) is 14.9 Å². The smallest absolute Gasteiger partial charge is 0.254 e. The van der Waals surface area contributed by atoms with Crippen LogP contribution in [-0.2, 0) is 17.7 Å². The van der Waals surface area contributed by atoms with Gasteiger partial charge in [0.1, 0.15) is 12.1 Å². The maximum Gasteiger partial charge on any atom is 0.254 e. The summed E-state index contributed by atoms with van der Waals surface area (Å²) in [6.07, 6.45) is 10.2. The average Bonchev–Trinajstić information content (AvgIpc) is 2.78. The SMILES string of the molecule is COC1CN(c2ncnc3c2CN(C(=O)c2ccc(C4=CC=CC(C)C4)cc2)CC3)C1. The Labute approximate surface area is 183 Å². The van der Waals surface area contributed by atoms with Gasteiger partial charge < -0.3 is 14.5 Å². The lowest BCUT2D eigenvalue weighted by Gasteiger charge is -2.41. The number of anilines is 1. The number of hydrogen-bond donors (Lipinski definition) is 0. The minimum absolute atomic E-state index is 0.0660. The van der Waals surface area contributed by atoms with Crippen LogP contribution in [0.4, 0.5) is 5.82 Å². The lowest BCUT2D eigenvalue weighted by molar-refractivity contribution is 0.0724. The molecule has 2 aromatic rings. The fraction of sp³-hybridized carbons (Fsp3) is 0.400. The number of hydrogen-bond acceptors (Lipinski definition) is 5. The number of ether oxygens (including phenoxy) is 1. The summed E-state index contributed by atoms with van der Waals surface area (Å²) in [6, 6.07) is 8.06. The second-order valence-electron chi connectivity index (χ2n) is 8.70. The van der Waals surface area contributed by atoms with Crippen molar-refractivity contribution in [2.24, 2.45) is 5.92 Å². The number of carbonyl (C=O) groups is 1. The zero-order valence-corrected chi connectivity index (χ0v) is 18.1. The van der Waals surface area contributed by atoms with Gasteiger partial charge in [0.15, 0.2) is 0 Å². The Morgan fingerprint density at radius 2 is 1.97 bits per heavy atom. The summed E-state index contributed by atoms with van der Waals surface area (Å²) in [5.74, 6) is 1.56. The van der Waals surface area contributed by atoms with E-state index in [1.165, 1.54) is 11.1 Å². The van der Waals surface area contributed by atoms with Crippen LogP contribution >= 0.6 is 0 Å². The number of benzene rings is 1. The molecule has 2 aliphatic heterocycles. The van der Waals surface area contributed by atoms with Gasteiger partial charge in [0, 0.05) is 44.3 Å². The molecule has 1 aromatic heterocycles. The highest BCUT2D eigenvalue weighted by atomic mass is 16.5. The van der Waals surface area contributed by atoms with Crippen LogP contribution < -0.4 is 4.90 Å². The minimum atomic E-state index is 0.0660. The Balaban J connectivity index is 1.32. The predicted molar refractivity (Wildman–Crippen MR) is 121 cm³/mol. The molecule has 1 atom stereocenters. The summed E-state index contributed by atoms with van der Waals surface area (Å²) >= 11 is 0. The third kappa shape index (κ3) is 3.88. The number of nitrogens with zero attached hydrogens (tertiary/aromatic N) is 4. The van der Waals surface area contributed by atoms with Crippen LogP contribution in [0.25, 0.3) is 5.57 Å². The second kappa shape index (κ2) is 8.27. The van der Waals surface area contributed by atoms with Gasteiger partial charge in [0.25, 0.3) is 5.91 Å². The van der Waals surface area contributed by atoms with Crippen molar-refractivity contribution in [3.63, 3.8) is 0 Å². The maximum absolute atomic E-state index is 13.2. The summed E-state index contributed by atoms with van der Waals surface area (Å²) in [7, 11) is 1.74. The van der Waals surface area contributed by atoms with Gasteiger partial charge >= 0.3 is 0 Å². The standard InChI is InChI=1S/C25H28N4O2/c1-17-4-3-5-20(12-17)18-6-8-19(9-7-18)25(30)28-11-10-23-22(15-28)24(27-16-26-23)29-13-21(14-29)31-2/h3-9,16-17,21H,10-15H2,1-2H3. The largest absolute Gasteiger partial charge is 0.378 e. The normalized spacial score (nSPS) is 20.8. The highest BCUT2D eigenvalue weighted by Crippen LogP contribution is 2.31. The zero-order chi connectivity index (χ0) is 21.4. The van der Waals surface area contributed by atoms with E-state index in [9.17, 15) is 4.79 Å². The monoisotopic (exact) mass is 416 g/mol. The highest BCUT2D eigenvalue weighted by molar-refractivity contribution is 5.94. The van der Waals surface area contributed by atoms with Crippen LogP contribution in [0.2, 0.25) is 0 Å². The van der Waals surface area contributed by atoms with E-state index in [1.54, 1.807) is 13.4 Å². The van der Waals surface area contributed by atoms with E-state index < -0.39 is 0 Å². The van der Waals surface area contributed by atoms with E-state index in [0.717, 1.165) is 48.6 Å². The number of fused-ring (bicyclic) bond motifs is 1. The Morgan fingerprint density at radius 3 is 2.71 bits per heavy atom. The number of allylic oxidation sites excluding steroid dienone is 4. The second-order valence-corrected chi connectivity index (χ2v) is 8.70. The number of aromatic nitrogens is 2. The van der Waals surface area contributed by atoms with Gasteiger partial charge in [-0.3, -0.25) is 4.79 Å². The van der Waals surface area contributed by atoms with E-state index in [2.05, 4.69) is 52.2 Å². The third-order valence-electron chi connectivity index (χ3n) is 6.53. The summed E-state index contributed by atoms with van der Waals surface area (Å²) in [5.41, 5.74) is 5.37. The van der Waals surface area contributed by atoms with Gasteiger partial charge in [-0.25, -0.2) is 9.97 Å². The first kappa shape index (κ1) is 19.9. The van der Waals surface area contributed by atoms with E-state index in [1.807, 2.05) is 17.0 Å². The third-order valence-corrected chi connectivity index (χ3v) is 6.53. The molecular formula is C25H28N4O2. The molecule has 6 heteroatoms. The molecule has 31 heavy (non-hydrogen) atoms. The molecule has 1 aromatic carbocycles. The summed E-state index contributed by atoms with van der Waals surface area (Å²) in [6.45, 7) is 5.12. The lowest BCUT2D eigenvalue weighted by atomic mass is 9.91. The van der Waals surface area contributed by atoms with Crippen LogP contribution in [0.1, 0.15) is 40.5 Å². The topological polar surface area (TPSA) is 58.6 Å². The average molecular weight is 417 g/mol. The number of amides is 1. The number of rotatable bonds is 4. The number of carbonyl (C=O) groups excluding carboxylic acids is 1. The first-order valence-corrected chi connectivity index (χ1v) is 11.0. The molecule has 0 bridgehead atoms. The Hall–Kier alpha value is -2.99. The van der Waals surface area contributed by atoms with Crippen molar-refractivity contribution in [2.75, 3.05) is 31.6 Å². The van der Waals surface area contributed by atoms with Gasteiger partial charge in [-0.05, 0) is 35.6 Å². The summed E-state index contributed by atoms with van der Waals surface area (Å²) in [5, 5.41) is 0. The summed E-state index contributed by atoms with van der Waals surface area (Å²) < 4.78 is 5.40. The Morgan fingerprint density at radius 1 is 1.16 bits per heavy atom. The molecule has 0 saturated carbocycles. The quantitative estimate of drug-likeness (QED) is 0.764. The maximum atomic E-state index is 13.2. The van der Waals surface area contributed by atoms with E-state index in [4.69, 9.17) is 4.74 Å². The molecule has 1 aliphatic carbocycles. The van der Waals surface area contributed by atoms with Crippen LogP contribution in [0, 0.1) is 5.92 Å². The molecule has 0 spiro atoms. The van der Waals surface area contributed by atoms with Crippen LogP contribution in [0.15, 0.2) is 48.8 Å². The molecule has 0 N–H and O–H groups in total. The van der Waals surface area contributed by atoms with Crippen molar-refractivity contribution in [1.29, 1.82) is 0 Å². The molecule has 0 radical (unpaired) electrons. The molecule has 1 amide bonds. The van der Waals surface area contributed by atoms with Gasteiger partial charge in [-0.2, -0.15) is 0 Å². The molecular weight excluding hydrogens is 388 g/mol. The molecule has 1 unspecified atom stereocenters. The molecule has 5 rings (SSSR count). The molecule has 6 nitrogen and oxygen atoms in total. The van der Waals surface area contributed by atoms with E-state index in [-0.39, 0.29) is 12.0 Å². The first-order chi connectivity index (χ1) is 15.1. The van der Waals surface area contributed by atoms with Gasteiger partial charge in [0.2, 0.25) is 0 Å². The van der Waals surface area contributed by atoms with E-state index >= 15 is 0 Å². The van der Waals surface area contributed by atoms with Crippen molar-refractivity contribution < 1.29 is 9.53 Å². The molecule has 3 aliphatic rings. The highest BCUT2D eigenvalue weighted by Gasteiger charge is 2.32. The van der Waals surface area contributed by atoms with Gasteiger partial charge in [0.05, 0.1) is 18.3 Å². The molecule has 1 fully saturated rings. The first-order valence-electron chi connectivity index (χ1n) is 11.0. The Kier molecular flexibility index (Phi) is 5.32. The molecule has 160 valence electrons. The predicted octanol–water partition coefficient (Wildman–Crippen LogP) is 3.49. The van der Waals surface area contributed by atoms with Crippen molar-refractivity contribution in [3.8, 4) is 0 Å². The molecule has 1 saturated heterocycles. The van der Waals surface area contributed by atoms with Crippen molar-refractivity contribution in [3.05, 3.63) is 71.2 Å². The summed E-state index contributed by atoms with van der Waals surface area (Å²) in [4.78, 5) is 26.4. The Bertz CT molecular complexity index is 1040. The van der Waals surface area contributed by atoms with Crippen molar-refractivity contribution >= 4 is 17.3 Å². The lowest BCUT2D eigenvalue weighted by Crippen LogP contribution is -2.53. The van der Waals surface area contributed by atoms with Crippen molar-refractivity contribution in [2.45, 2.75) is 32.4 Å². The molecule has 3 heterocycles.